The van der Waals surface area contributed by atoms with Crippen LogP contribution in [0.4, 0.5) is 21.7 Å². The molecule has 3 aromatic heterocycles. The number of halogens is 1. The van der Waals surface area contributed by atoms with E-state index < -0.39 is 0 Å². The summed E-state index contributed by atoms with van der Waals surface area (Å²) in [6.07, 6.45) is 4.61. The van der Waals surface area contributed by atoms with Gasteiger partial charge in [0, 0.05) is 34.8 Å². The molecule has 0 atom stereocenters. The summed E-state index contributed by atoms with van der Waals surface area (Å²) >= 11 is 0. The summed E-state index contributed by atoms with van der Waals surface area (Å²) in [5, 5.41) is 5.88. The molecule has 1 amide bonds. The zero-order chi connectivity index (χ0) is 20.9. The average Bonchev–Trinajstić information content (AvgIpc) is 2.74. The Bertz CT molecular complexity index is 1210. The third-order valence-electron chi connectivity index (χ3n) is 4.35. The number of aromatic nitrogens is 3. The summed E-state index contributed by atoms with van der Waals surface area (Å²) in [4.78, 5) is 25.4. The third kappa shape index (κ3) is 4.47. The Kier molecular flexibility index (Phi) is 5.43. The fourth-order valence-corrected chi connectivity index (χ4v) is 2.94. The van der Waals surface area contributed by atoms with Crippen molar-refractivity contribution in [2.24, 2.45) is 0 Å². The normalized spacial score (nSPS) is 10.5. The van der Waals surface area contributed by atoms with Gasteiger partial charge in [0.1, 0.15) is 17.5 Å². The summed E-state index contributed by atoms with van der Waals surface area (Å²) in [7, 11) is 0. The first kappa shape index (κ1) is 19.2. The van der Waals surface area contributed by atoms with Crippen LogP contribution in [0.1, 0.15) is 16.1 Å². The fourth-order valence-electron chi connectivity index (χ4n) is 2.94. The zero-order valence-corrected chi connectivity index (χ0v) is 16.1. The molecule has 0 aliphatic carbocycles. The van der Waals surface area contributed by atoms with Gasteiger partial charge in [-0.1, -0.05) is 24.3 Å². The number of carbonyl (C=O) groups excluding carboxylic acids is 1. The molecular weight excluding hydrogens is 381 g/mol. The van der Waals surface area contributed by atoms with Crippen LogP contribution in [-0.2, 0) is 0 Å². The molecule has 0 aliphatic heterocycles. The molecule has 0 saturated heterocycles. The van der Waals surface area contributed by atoms with Gasteiger partial charge >= 0.3 is 0 Å². The number of hydrogen-bond acceptors (Lipinski definition) is 5. The molecule has 148 valence electrons. The van der Waals surface area contributed by atoms with Gasteiger partial charge in [-0.3, -0.25) is 9.78 Å². The van der Waals surface area contributed by atoms with Crippen molar-refractivity contribution in [1.82, 2.24) is 15.0 Å². The highest BCUT2D eigenvalue weighted by Crippen LogP contribution is 2.24. The van der Waals surface area contributed by atoms with Gasteiger partial charge < -0.3 is 10.6 Å². The Morgan fingerprint density at radius 1 is 0.967 bits per heavy atom. The first-order valence-electron chi connectivity index (χ1n) is 9.26. The maximum atomic E-state index is 14.0. The summed E-state index contributed by atoms with van der Waals surface area (Å²) in [5.41, 5.74) is 2.75. The number of rotatable bonds is 5. The SMILES string of the molecule is Cc1cccc(Nc2cc(C(=O)Nc3cncc(-c4ccccc4F)c3)ccn2)n1. The van der Waals surface area contributed by atoms with Crippen LogP contribution in [0, 0.1) is 12.7 Å². The number of carbonyl (C=O) groups is 1. The van der Waals surface area contributed by atoms with E-state index in [0.29, 0.717) is 34.0 Å². The van der Waals surface area contributed by atoms with E-state index in [4.69, 9.17) is 0 Å². The number of nitrogens with one attached hydrogen (secondary N) is 2. The van der Waals surface area contributed by atoms with Crippen LogP contribution < -0.4 is 10.6 Å². The van der Waals surface area contributed by atoms with Crippen LogP contribution in [0.25, 0.3) is 11.1 Å². The quantitative estimate of drug-likeness (QED) is 0.495. The van der Waals surface area contributed by atoms with Crippen LogP contribution >= 0.6 is 0 Å². The molecule has 0 aliphatic rings. The number of aryl methyl sites for hydroxylation is 1. The van der Waals surface area contributed by atoms with Crippen LogP contribution in [-0.4, -0.2) is 20.9 Å². The highest BCUT2D eigenvalue weighted by molar-refractivity contribution is 6.04. The minimum Gasteiger partial charge on any atom is -0.325 e. The molecule has 3 heterocycles. The van der Waals surface area contributed by atoms with Crippen LogP contribution in [0.2, 0.25) is 0 Å². The van der Waals surface area contributed by atoms with Crippen molar-refractivity contribution in [3.8, 4) is 11.1 Å². The molecule has 0 bridgehead atoms. The van der Waals surface area contributed by atoms with Gasteiger partial charge in [0.05, 0.1) is 11.9 Å². The molecule has 0 spiro atoms. The number of anilines is 3. The van der Waals surface area contributed by atoms with E-state index >= 15 is 0 Å². The molecule has 0 radical (unpaired) electrons. The first-order chi connectivity index (χ1) is 14.6. The Morgan fingerprint density at radius 2 is 1.83 bits per heavy atom. The molecule has 4 rings (SSSR count). The van der Waals surface area contributed by atoms with Gasteiger partial charge in [0.15, 0.2) is 0 Å². The topological polar surface area (TPSA) is 79.8 Å². The second-order valence-corrected chi connectivity index (χ2v) is 6.62. The maximum Gasteiger partial charge on any atom is 0.255 e. The predicted molar refractivity (Wildman–Crippen MR) is 114 cm³/mol. The van der Waals surface area contributed by atoms with Crippen LogP contribution in [0.15, 0.2) is 79.3 Å². The highest BCUT2D eigenvalue weighted by Gasteiger charge is 2.10. The van der Waals surface area contributed by atoms with Gasteiger partial charge in [-0.25, -0.2) is 14.4 Å². The summed E-state index contributed by atoms with van der Waals surface area (Å²) in [6.45, 7) is 1.89. The highest BCUT2D eigenvalue weighted by atomic mass is 19.1. The van der Waals surface area contributed by atoms with Gasteiger partial charge in [-0.2, -0.15) is 0 Å². The van der Waals surface area contributed by atoms with Crippen molar-refractivity contribution in [3.05, 3.63) is 96.3 Å². The fraction of sp³-hybridized carbons (Fsp3) is 0.0435. The Balaban J connectivity index is 1.52. The Hall–Kier alpha value is -4.13. The number of hydrogen-bond donors (Lipinski definition) is 2. The van der Waals surface area contributed by atoms with Crippen molar-refractivity contribution in [1.29, 1.82) is 0 Å². The summed E-state index contributed by atoms with van der Waals surface area (Å²) in [6, 6.07) is 16.9. The lowest BCUT2D eigenvalue weighted by molar-refractivity contribution is 0.102. The monoisotopic (exact) mass is 399 g/mol. The molecule has 0 fully saturated rings. The molecule has 0 saturated carbocycles. The van der Waals surface area contributed by atoms with Crippen molar-refractivity contribution in [2.45, 2.75) is 6.92 Å². The molecule has 6 nitrogen and oxygen atoms in total. The minimum atomic E-state index is -0.350. The van der Waals surface area contributed by atoms with Crippen LogP contribution in [0.5, 0.6) is 0 Å². The van der Waals surface area contributed by atoms with Crippen molar-refractivity contribution >= 4 is 23.2 Å². The standard InChI is InChI=1S/C23H18FN5O/c1-15-5-4-8-21(27-15)29-22-12-16(9-10-26-22)23(30)28-18-11-17(13-25-14-18)19-6-2-3-7-20(19)24/h2-14H,1H3,(H,28,30)(H,26,27,29). The number of benzene rings is 1. The molecular formula is C23H18FN5O. The van der Waals surface area contributed by atoms with Gasteiger partial charge in [0.25, 0.3) is 5.91 Å². The zero-order valence-electron chi connectivity index (χ0n) is 16.1. The van der Waals surface area contributed by atoms with E-state index in [9.17, 15) is 9.18 Å². The van der Waals surface area contributed by atoms with E-state index in [2.05, 4.69) is 25.6 Å². The first-order valence-corrected chi connectivity index (χ1v) is 9.26. The lowest BCUT2D eigenvalue weighted by Crippen LogP contribution is -2.12. The molecule has 0 unspecified atom stereocenters. The van der Waals surface area contributed by atoms with E-state index in [0.717, 1.165) is 5.69 Å². The van der Waals surface area contributed by atoms with E-state index in [1.807, 2.05) is 25.1 Å². The molecule has 2 N–H and O–H groups in total. The Labute approximate surface area is 172 Å². The third-order valence-corrected chi connectivity index (χ3v) is 4.35. The smallest absolute Gasteiger partial charge is 0.255 e. The van der Waals surface area contributed by atoms with E-state index in [1.165, 1.54) is 12.3 Å². The predicted octanol–water partition coefficient (Wildman–Crippen LogP) is 4.98. The van der Waals surface area contributed by atoms with Gasteiger partial charge in [-0.05, 0) is 43.3 Å². The Morgan fingerprint density at radius 3 is 2.67 bits per heavy atom. The van der Waals surface area contributed by atoms with Crippen molar-refractivity contribution < 1.29 is 9.18 Å². The van der Waals surface area contributed by atoms with Gasteiger partial charge in [-0.15, -0.1) is 0 Å². The molecule has 7 heteroatoms. The van der Waals surface area contributed by atoms with Crippen molar-refractivity contribution in [2.75, 3.05) is 10.6 Å². The minimum absolute atomic E-state index is 0.329. The lowest BCUT2D eigenvalue weighted by atomic mass is 10.1. The number of pyridine rings is 3. The molecule has 30 heavy (non-hydrogen) atoms. The van der Waals surface area contributed by atoms with E-state index in [1.54, 1.807) is 48.8 Å². The van der Waals surface area contributed by atoms with E-state index in [-0.39, 0.29) is 11.7 Å². The van der Waals surface area contributed by atoms with Gasteiger partial charge in [0.2, 0.25) is 0 Å². The largest absolute Gasteiger partial charge is 0.325 e. The summed E-state index contributed by atoms with van der Waals surface area (Å²) in [5.74, 6) is 0.461. The average molecular weight is 399 g/mol. The molecule has 1 aromatic carbocycles. The lowest BCUT2D eigenvalue weighted by Gasteiger charge is -2.09. The number of nitrogens with zero attached hydrogens (tertiary/aromatic N) is 3. The maximum absolute atomic E-state index is 14.0. The van der Waals surface area contributed by atoms with Crippen molar-refractivity contribution in [3.63, 3.8) is 0 Å². The second-order valence-electron chi connectivity index (χ2n) is 6.62. The molecule has 4 aromatic rings. The second kappa shape index (κ2) is 8.48. The number of amides is 1. The summed E-state index contributed by atoms with van der Waals surface area (Å²) < 4.78 is 14.0. The van der Waals surface area contributed by atoms with Crippen LogP contribution in [0.3, 0.4) is 0 Å².